The van der Waals surface area contributed by atoms with Crippen molar-refractivity contribution in [3.8, 4) is 0 Å². The quantitative estimate of drug-likeness (QED) is 0.573. The average Bonchev–Trinajstić information content (AvgIpc) is 1.91. The van der Waals surface area contributed by atoms with Crippen LogP contribution in [0.2, 0.25) is 0 Å². The van der Waals surface area contributed by atoms with Gasteiger partial charge in [-0.1, -0.05) is 6.92 Å². The van der Waals surface area contributed by atoms with Crippen LogP contribution >= 0.6 is 0 Å². The van der Waals surface area contributed by atoms with Gasteiger partial charge in [0, 0.05) is 24.5 Å². The minimum absolute atomic E-state index is 0.725. The first-order valence-corrected chi connectivity index (χ1v) is 5.17. The Bertz CT molecular complexity index is 76.0. The molecule has 0 bridgehead atoms. The highest BCUT2D eigenvalue weighted by Gasteiger charge is 2.12. The van der Waals surface area contributed by atoms with E-state index in [0.29, 0.717) is 0 Å². The molecule has 0 saturated heterocycles. The summed E-state index contributed by atoms with van der Waals surface area (Å²) in [5.41, 5.74) is 0. The monoisotopic (exact) mass is 163 g/mol. The molecule has 62 valence electrons. The van der Waals surface area contributed by atoms with Crippen molar-refractivity contribution in [3.63, 3.8) is 0 Å². The topological polar surface area (TPSA) is 26.3 Å². The van der Waals surface area contributed by atoms with Crippen LogP contribution in [0.1, 0.15) is 27.2 Å². The molecule has 0 amide bonds. The van der Waals surface area contributed by atoms with E-state index in [4.69, 9.17) is 0 Å². The molecule has 0 aliphatic rings. The lowest BCUT2D eigenvalue weighted by Gasteiger charge is -2.20. The normalized spacial score (nSPS) is 14.1. The van der Waals surface area contributed by atoms with Gasteiger partial charge in [-0.3, -0.25) is 0 Å². The van der Waals surface area contributed by atoms with E-state index in [-0.39, 0.29) is 0 Å². The van der Waals surface area contributed by atoms with Gasteiger partial charge >= 0.3 is 0 Å². The van der Waals surface area contributed by atoms with Gasteiger partial charge in [0.1, 0.15) is 5.75 Å². The largest absolute Gasteiger partial charge is 0.598 e. The highest BCUT2D eigenvalue weighted by atomic mass is 32.2. The summed E-state index contributed by atoms with van der Waals surface area (Å²) in [5, 5.41) is 0. The van der Waals surface area contributed by atoms with Crippen molar-refractivity contribution >= 4 is 11.4 Å². The molecule has 0 heterocycles. The summed E-state index contributed by atoms with van der Waals surface area (Å²) < 4.78 is 13.2. The summed E-state index contributed by atoms with van der Waals surface area (Å²) in [6.07, 6.45) is 1.00. The third-order valence-corrected chi connectivity index (χ3v) is 3.22. The lowest BCUT2D eigenvalue weighted by atomic mass is 10.6. The van der Waals surface area contributed by atoms with E-state index >= 15 is 0 Å². The Kier molecular flexibility index (Phi) is 6.17. The van der Waals surface area contributed by atoms with E-state index in [1.54, 1.807) is 0 Å². The number of hydrogen-bond donors (Lipinski definition) is 0. The molecule has 0 radical (unpaired) electrons. The van der Waals surface area contributed by atoms with Crippen molar-refractivity contribution in [2.24, 2.45) is 0 Å². The second kappa shape index (κ2) is 6.01. The molecule has 3 heteroatoms. The molecule has 0 aromatic carbocycles. The molecule has 0 aliphatic heterocycles. The molecule has 0 unspecified atom stereocenters. The Morgan fingerprint density at radius 1 is 1.20 bits per heavy atom. The van der Waals surface area contributed by atoms with Gasteiger partial charge in [0.15, 0.2) is 0 Å². The van der Waals surface area contributed by atoms with Gasteiger partial charge in [0.05, 0.1) is 0 Å². The van der Waals surface area contributed by atoms with Crippen molar-refractivity contribution in [3.05, 3.63) is 0 Å². The molecule has 0 aliphatic carbocycles. The van der Waals surface area contributed by atoms with Gasteiger partial charge in [-0.05, 0) is 20.3 Å². The van der Waals surface area contributed by atoms with E-state index in [0.717, 1.165) is 25.3 Å². The molecule has 0 fully saturated rings. The maximum absolute atomic E-state index is 11.2. The molecule has 10 heavy (non-hydrogen) atoms. The van der Waals surface area contributed by atoms with Gasteiger partial charge in [-0.15, -0.1) is 4.31 Å². The standard InChI is InChI=1S/C7H17NOS/c1-4-7-10(9)8(5-2)6-3/h4-7H2,1-3H3/t10-/m0/s1. The van der Waals surface area contributed by atoms with Crippen molar-refractivity contribution < 1.29 is 4.55 Å². The number of rotatable bonds is 5. The second-order valence-electron chi connectivity index (χ2n) is 2.14. The van der Waals surface area contributed by atoms with Crippen molar-refractivity contribution in [2.75, 3.05) is 18.8 Å². The summed E-state index contributed by atoms with van der Waals surface area (Å²) in [5.74, 6) is 0.807. The maximum Gasteiger partial charge on any atom is 0.125 e. The molecule has 0 aromatic rings. The molecule has 0 aromatic heterocycles. The zero-order chi connectivity index (χ0) is 7.98. The Hall–Kier alpha value is 0.270. The average molecular weight is 163 g/mol. The van der Waals surface area contributed by atoms with Crippen LogP contribution in [0.15, 0.2) is 0 Å². The third-order valence-electron chi connectivity index (χ3n) is 1.37. The smallest absolute Gasteiger partial charge is 0.125 e. The minimum atomic E-state index is -0.725. The molecule has 2 nitrogen and oxygen atoms in total. The van der Waals surface area contributed by atoms with Gasteiger partial charge in [-0.2, -0.15) is 0 Å². The molecular formula is C7H17NOS. The van der Waals surface area contributed by atoms with Crippen LogP contribution < -0.4 is 0 Å². The van der Waals surface area contributed by atoms with E-state index < -0.39 is 11.4 Å². The van der Waals surface area contributed by atoms with Crippen LogP contribution in [-0.4, -0.2) is 27.7 Å². The SMILES string of the molecule is CCC[S@+]([O-])N(CC)CC. The molecule has 1 atom stereocenters. The lowest BCUT2D eigenvalue weighted by Crippen LogP contribution is -2.32. The summed E-state index contributed by atoms with van der Waals surface area (Å²) in [7, 11) is 0. The van der Waals surface area contributed by atoms with Crippen molar-refractivity contribution in [1.29, 1.82) is 0 Å². The first kappa shape index (κ1) is 10.3. The van der Waals surface area contributed by atoms with Crippen LogP contribution in [0.5, 0.6) is 0 Å². The first-order valence-electron chi connectivity index (χ1n) is 3.89. The Balaban J connectivity index is 3.53. The summed E-state index contributed by atoms with van der Waals surface area (Å²) >= 11 is -0.725. The third kappa shape index (κ3) is 3.44. The molecular weight excluding hydrogens is 146 g/mol. The van der Waals surface area contributed by atoms with Gasteiger partial charge in [0.25, 0.3) is 0 Å². The number of hydrogen-bond acceptors (Lipinski definition) is 2. The van der Waals surface area contributed by atoms with E-state index in [1.165, 1.54) is 0 Å². The van der Waals surface area contributed by atoms with Crippen molar-refractivity contribution in [1.82, 2.24) is 4.31 Å². The molecule has 0 N–H and O–H groups in total. The highest BCUT2D eigenvalue weighted by molar-refractivity contribution is 7.89. The zero-order valence-corrected chi connectivity index (χ0v) is 7.91. The fraction of sp³-hybridized carbons (Fsp3) is 1.00. The molecule has 0 rings (SSSR count). The highest BCUT2D eigenvalue weighted by Crippen LogP contribution is 2.01. The Morgan fingerprint density at radius 3 is 2.00 bits per heavy atom. The van der Waals surface area contributed by atoms with Crippen LogP contribution in [0.4, 0.5) is 0 Å². The van der Waals surface area contributed by atoms with Crippen molar-refractivity contribution in [2.45, 2.75) is 27.2 Å². The lowest BCUT2D eigenvalue weighted by molar-refractivity contribution is 0.444. The Morgan fingerprint density at radius 2 is 1.70 bits per heavy atom. The molecule has 0 saturated carbocycles. The number of nitrogens with zero attached hydrogens (tertiary/aromatic N) is 1. The fourth-order valence-corrected chi connectivity index (χ4v) is 2.00. The van der Waals surface area contributed by atoms with Gasteiger partial charge in [-0.25, -0.2) is 0 Å². The predicted octanol–water partition coefficient (Wildman–Crippen LogP) is 1.40. The van der Waals surface area contributed by atoms with Crippen LogP contribution in [-0.2, 0) is 11.4 Å². The van der Waals surface area contributed by atoms with Crippen LogP contribution in [0.25, 0.3) is 0 Å². The zero-order valence-electron chi connectivity index (χ0n) is 7.09. The second-order valence-corrected chi connectivity index (χ2v) is 3.71. The van der Waals surface area contributed by atoms with Gasteiger partial charge in [0.2, 0.25) is 0 Å². The van der Waals surface area contributed by atoms with E-state index in [9.17, 15) is 4.55 Å². The van der Waals surface area contributed by atoms with Crippen LogP contribution in [0, 0.1) is 0 Å². The van der Waals surface area contributed by atoms with E-state index in [1.807, 2.05) is 18.2 Å². The predicted molar refractivity (Wildman–Crippen MR) is 46.2 cm³/mol. The molecule has 0 spiro atoms. The summed E-state index contributed by atoms with van der Waals surface area (Å²) in [4.78, 5) is 0. The minimum Gasteiger partial charge on any atom is -0.598 e. The maximum atomic E-state index is 11.2. The summed E-state index contributed by atoms with van der Waals surface area (Å²) in [6.45, 7) is 7.92. The van der Waals surface area contributed by atoms with Crippen LogP contribution in [0.3, 0.4) is 0 Å². The Labute approximate surface area is 66.9 Å². The van der Waals surface area contributed by atoms with Gasteiger partial charge < -0.3 is 4.55 Å². The van der Waals surface area contributed by atoms with E-state index in [2.05, 4.69) is 6.92 Å². The fourth-order valence-electron chi connectivity index (χ4n) is 0.815. The first-order chi connectivity index (χ1) is 4.76. The summed E-state index contributed by atoms with van der Waals surface area (Å²) in [6, 6.07) is 0.